The summed E-state index contributed by atoms with van der Waals surface area (Å²) in [4.78, 5) is 32.2. The summed E-state index contributed by atoms with van der Waals surface area (Å²) in [5, 5.41) is 0. The number of carbonyl (C=O) groups excluding carboxylic acids is 2. The molecule has 1 aromatic rings. The third kappa shape index (κ3) is 5.58. The number of pyridine rings is 1. The highest BCUT2D eigenvalue weighted by Gasteiger charge is 2.21. The molecule has 1 aromatic heterocycles. The molecule has 1 rings (SSSR count). The number of aromatic nitrogens is 1. The monoisotopic (exact) mass is 298 g/mol. The van der Waals surface area contributed by atoms with Crippen molar-refractivity contribution in [1.29, 1.82) is 0 Å². The van der Waals surface area contributed by atoms with E-state index < -0.39 is 18.0 Å². The average Bonchev–Trinajstić information content (AvgIpc) is 2.48. The fraction of sp³-hybridized carbons (Fsp3) is 0.462. The summed E-state index contributed by atoms with van der Waals surface area (Å²) in [5.41, 5.74) is 2.78. The second kappa shape index (κ2) is 9.33. The average molecular weight is 298 g/mol. The van der Waals surface area contributed by atoms with Gasteiger partial charge in [0.2, 0.25) is 0 Å². The van der Waals surface area contributed by atoms with Crippen molar-refractivity contribution in [1.82, 2.24) is 10.5 Å². The molecule has 1 heterocycles. The van der Waals surface area contributed by atoms with Gasteiger partial charge in [-0.1, -0.05) is 0 Å². The largest absolute Gasteiger partial charge is 0.465 e. The fourth-order valence-corrected chi connectivity index (χ4v) is 1.84. The van der Waals surface area contributed by atoms with E-state index in [1.807, 2.05) is 6.26 Å². The van der Waals surface area contributed by atoms with Gasteiger partial charge in [0, 0.05) is 12.4 Å². The Hall–Kier alpha value is -1.60. The van der Waals surface area contributed by atoms with Crippen molar-refractivity contribution in [3.05, 3.63) is 30.1 Å². The topological polar surface area (TPSA) is 77.5 Å². The van der Waals surface area contributed by atoms with E-state index >= 15 is 0 Å². The summed E-state index contributed by atoms with van der Waals surface area (Å²) in [6.07, 6.45) is 5.40. The summed E-state index contributed by atoms with van der Waals surface area (Å²) in [6, 6.07) is 2.55. The molecule has 0 radical (unpaired) electrons. The van der Waals surface area contributed by atoms with Crippen LogP contribution in [0.4, 0.5) is 0 Å². The van der Waals surface area contributed by atoms with Gasteiger partial charge in [0.25, 0.3) is 0 Å². The zero-order valence-electron chi connectivity index (χ0n) is 11.5. The van der Waals surface area contributed by atoms with Crippen LogP contribution in [-0.2, 0) is 14.4 Å². The first-order valence-corrected chi connectivity index (χ1v) is 7.60. The molecule has 0 aliphatic rings. The highest BCUT2D eigenvalue weighted by atomic mass is 32.2. The number of nitrogens with one attached hydrogen (secondary N) is 1. The van der Waals surface area contributed by atoms with Crippen molar-refractivity contribution in [2.24, 2.45) is 0 Å². The summed E-state index contributed by atoms with van der Waals surface area (Å²) in [6.45, 7) is 2.01. The third-order valence-electron chi connectivity index (χ3n) is 2.37. The summed E-state index contributed by atoms with van der Waals surface area (Å²) < 4.78 is 4.92. The van der Waals surface area contributed by atoms with E-state index in [0.717, 1.165) is 5.75 Å². The first-order valence-electron chi connectivity index (χ1n) is 6.21. The van der Waals surface area contributed by atoms with Gasteiger partial charge in [-0.3, -0.25) is 9.78 Å². The van der Waals surface area contributed by atoms with E-state index in [2.05, 4.69) is 10.5 Å². The first kappa shape index (κ1) is 16.5. The van der Waals surface area contributed by atoms with Crippen LogP contribution in [0.2, 0.25) is 0 Å². The van der Waals surface area contributed by atoms with Crippen LogP contribution in [0.15, 0.2) is 24.5 Å². The van der Waals surface area contributed by atoms with Crippen molar-refractivity contribution >= 4 is 23.7 Å². The van der Waals surface area contributed by atoms with Crippen LogP contribution >= 0.6 is 11.8 Å². The van der Waals surface area contributed by atoms with Crippen molar-refractivity contribution in [3.63, 3.8) is 0 Å². The molecular weight excluding hydrogens is 280 g/mol. The Morgan fingerprint density at radius 2 is 2.30 bits per heavy atom. The summed E-state index contributed by atoms with van der Waals surface area (Å²) in [7, 11) is 0. The minimum atomic E-state index is -0.664. The van der Waals surface area contributed by atoms with Gasteiger partial charge in [0.05, 0.1) is 12.2 Å². The zero-order valence-corrected chi connectivity index (χ0v) is 12.3. The smallest absolute Gasteiger partial charge is 0.358 e. The van der Waals surface area contributed by atoms with Crippen LogP contribution in [0.5, 0.6) is 0 Å². The number of thioether (sulfide) groups is 1. The number of hydroxylamine groups is 1. The van der Waals surface area contributed by atoms with Gasteiger partial charge in [0.1, 0.15) is 6.04 Å². The van der Waals surface area contributed by atoms with E-state index in [4.69, 9.17) is 9.57 Å². The quantitative estimate of drug-likeness (QED) is 0.574. The zero-order chi connectivity index (χ0) is 14.8. The number of esters is 1. The first-order chi connectivity index (χ1) is 9.69. The maximum absolute atomic E-state index is 11.7. The van der Waals surface area contributed by atoms with E-state index in [-0.39, 0.29) is 6.61 Å². The van der Waals surface area contributed by atoms with Gasteiger partial charge < -0.3 is 9.57 Å². The molecule has 0 spiro atoms. The van der Waals surface area contributed by atoms with Crippen LogP contribution in [0, 0.1) is 0 Å². The van der Waals surface area contributed by atoms with Crippen LogP contribution < -0.4 is 5.48 Å². The van der Waals surface area contributed by atoms with E-state index in [1.54, 1.807) is 37.0 Å². The number of hydrogen-bond acceptors (Lipinski definition) is 7. The van der Waals surface area contributed by atoms with Gasteiger partial charge in [-0.05, 0) is 37.5 Å². The van der Waals surface area contributed by atoms with Gasteiger partial charge in [-0.2, -0.15) is 11.8 Å². The molecule has 6 nitrogen and oxygen atoms in total. The Kier molecular flexibility index (Phi) is 7.67. The SMILES string of the molecule is CCOC(=O)C(CCSC)NOC(=O)c1cccnc1. The maximum Gasteiger partial charge on any atom is 0.358 e. The molecule has 0 bridgehead atoms. The lowest BCUT2D eigenvalue weighted by Gasteiger charge is -2.16. The van der Waals surface area contributed by atoms with E-state index in [0.29, 0.717) is 12.0 Å². The van der Waals surface area contributed by atoms with E-state index in [9.17, 15) is 9.59 Å². The lowest BCUT2D eigenvalue weighted by Crippen LogP contribution is -2.40. The lowest BCUT2D eigenvalue weighted by atomic mass is 10.2. The Labute approximate surface area is 122 Å². The molecule has 1 unspecified atom stereocenters. The second-order valence-corrected chi connectivity index (χ2v) is 4.82. The van der Waals surface area contributed by atoms with Crippen molar-refractivity contribution in [3.8, 4) is 0 Å². The van der Waals surface area contributed by atoms with Gasteiger partial charge in [0.15, 0.2) is 0 Å². The molecule has 0 aromatic carbocycles. The molecule has 1 N–H and O–H groups in total. The predicted octanol–water partition coefficient (Wildman–Crippen LogP) is 1.43. The van der Waals surface area contributed by atoms with Gasteiger partial charge in [-0.25, -0.2) is 4.79 Å². The maximum atomic E-state index is 11.7. The molecule has 110 valence electrons. The third-order valence-corrected chi connectivity index (χ3v) is 3.02. The normalized spacial score (nSPS) is 11.7. The number of carbonyl (C=O) groups is 2. The molecule has 0 amide bonds. The van der Waals surface area contributed by atoms with Crippen molar-refractivity contribution in [2.75, 3.05) is 18.6 Å². The molecular formula is C13H18N2O4S. The Balaban J connectivity index is 2.52. The molecule has 0 saturated heterocycles. The van der Waals surface area contributed by atoms with Crippen LogP contribution in [0.1, 0.15) is 23.7 Å². The molecule has 0 fully saturated rings. The van der Waals surface area contributed by atoms with Crippen LogP contribution in [0.3, 0.4) is 0 Å². The van der Waals surface area contributed by atoms with Crippen LogP contribution in [0.25, 0.3) is 0 Å². The molecule has 0 aliphatic carbocycles. The molecule has 1 atom stereocenters. The number of rotatable bonds is 8. The number of ether oxygens (including phenoxy) is 1. The molecule has 7 heteroatoms. The second-order valence-electron chi connectivity index (χ2n) is 3.84. The Bertz CT molecular complexity index is 428. The number of hydrogen-bond donors (Lipinski definition) is 1. The van der Waals surface area contributed by atoms with Crippen molar-refractivity contribution in [2.45, 2.75) is 19.4 Å². The standard InChI is InChI=1S/C13H18N2O4S/c1-3-18-13(17)11(6-8-20-2)15-19-12(16)10-5-4-7-14-9-10/h4-5,7,9,11,15H,3,6,8H2,1-2H3. The highest BCUT2D eigenvalue weighted by molar-refractivity contribution is 7.98. The van der Waals surface area contributed by atoms with E-state index in [1.165, 1.54) is 6.20 Å². The number of nitrogens with zero attached hydrogens (tertiary/aromatic N) is 1. The Morgan fingerprint density at radius 3 is 2.90 bits per heavy atom. The Morgan fingerprint density at radius 1 is 1.50 bits per heavy atom. The molecule has 20 heavy (non-hydrogen) atoms. The fourth-order valence-electron chi connectivity index (χ4n) is 1.37. The van der Waals surface area contributed by atoms with Crippen molar-refractivity contribution < 1.29 is 19.2 Å². The van der Waals surface area contributed by atoms with Crippen LogP contribution in [-0.4, -0.2) is 41.6 Å². The predicted molar refractivity (Wildman–Crippen MR) is 76.2 cm³/mol. The van der Waals surface area contributed by atoms with Gasteiger partial charge >= 0.3 is 11.9 Å². The summed E-state index contributed by atoms with van der Waals surface area (Å²) in [5.74, 6) is -0.266. The van der Waals surface area contributed by atoms with Gasteiger partial charge in [-0.15, -0.1) is 5.48 Å². The lowest BCUT2D eigenvalue weighted by molar-refractivity contribution is -0.148. The minimum Gasteiger partial charge on any atom is -0.465 e. The summed E-state index contributed by atoms with van der Waals surface area (Å²) >= 11 is 1.60. The highest BCUT2D eigenvalue weighted by Crippen LogP contribution is 2.04. The molecule has 0 saturated carbocycles. The minimum absolute atomic E-state index is 0.285. The molecule has 0 aliphatic heterocycles.